The molecule has 0 radical (unpaired) electrons. The second-order valence-electron chi connectivity index (χ2n) is 10.6. The van der Waals surface area contributed by atoms with E-state index in [1.54, 1.807) is 24.9 Å². The Hall–Kier alpha value is -1.89. The number of amides is 2. The van der Waals surface area contributed by atoms with E-state index in [0.29, 0.717) is 0 Å². The standard InChI is InChI=1S/C26H45N3O4/c1-17(2)22(16-19(5)26(32)33)28(6)25(31)23(20-12-8-7-9-13-20)27-24(30)21-14-10-11-15-29(21)18(3)4/h16-18,20-23H,7-15H2,1-6H3,(H,27,30)(H,32,33)/b19-16+/t21-,22-,23-/m1/s1. The lowest BCUT2D eigenvalue weighted by Gasteiger charge is -2.40. The van der Waals surface area contributed by atoms with Crippen LogP contribution in [0.15, 0.2) is 11.6 Å². The molecule has 2 amide bonds. The first-order valence-electron chi connectivity index (χ1n) is 12.8. The molecule has 1 aliphatic carbocycles. The third kappa shape index (κ3) is 7.29. The number of carbonyl (C=O) groups excluding carboxylic acids is 2. The number of carbonyl (C=O) groups is 3. The van der Waals surface area contributed by atoms with Crippen LogP contribution < -0.4 is 5.32 Å². The Morgan fingerprint density at radius 2 is 1.61 bits per heavy atom. The Kier molecular flexibility index (Phi) is 10.4. The smallest absolute Gasteiger partial charge is 0.331 e. The number of nitrogens with zero attached hydrogens (tertiary/aromatic N) is 2. The molecule has 1 saturated carbocycles. The highest BCUT2D eigenvalue weighted by atomic mass is 16.4. The number of carboxylic acids is 1. The van der Waals surface area contributed by atoms with Gasteiger partial charge >= 0.3 is 5.97 Å². The van der Waals surface area contributed by atoms with Crippen molar-refractivity contribution in [1.82, 2.24) is 15.1 Å². The number of rotatable bonds is 9. The van der Waals surface area contributed by atoms with Gasteiger partial charge in [-0.3, -0.25) is 14.5 Å². The molecule has 1 heterocycles. The molecule has 1 aliphatic heterocycles. The SMILES string of the molecule is C/C(=C\[C@H](C(C)C)N(C)C(=O)[C@H](NC(=O)[C@H]1CCCCN1C(C)C)C1CCCCC1)C(=O)O. The van der Waals surface area contributed by atoms with Gasteiger partial charge in [0.2, 0.25) is 11.8 Å². The number of likely N-dealkylation sites (tertiary alicyclic amines) is 1. The monoisotopic (exact) mass is 463 g/mol. The summed E-state index contributed by atoms with van der Waals surface area (Å²) in [5, 5.41) is 12.5. The van der Waals surface area contributed by atoms with E-state index < -0.39 is 12.0 Å². The van der Waals surface area contributed by atoms with Crippen molar-refractivity contribution in [2.45, 2.75) is 110 Å². The molecular weight excluding hydrogens is 418 g/mol. The van der Waals surface area contributed by atoms with Gasteiger partial charge in [-0.2, -0.15) is 0 Å². The van der Waals surface area contributed by atoms with Crippen LogP contribution in [0, 0.1) is 11.8 Å². The van der Waals surface area contributed by atoms with E-state index in [1.807, 2.05) is 13.8 Å². The Balaban J connectivity index is 2.28. The van der Waals surface area contributed by atoms with Gasteiger partial charge in [-0.25, -0.2) is 4.79 Å². The maximum atomic E-state index is 13.8. The zero-order valence-electron chi connectivity index (χ0n) is 21.5. The molecule has 0 aromatic rings. The maximum Gasteiger partial charge on any atom is 0.331 e. The minimum Gasteiger partial charge on any atom is -0.478 e. The van der Waals surface area contributed by atoms with Gasteiger partial charge in [0, 0.05) is 18.7 Å². The largest absolute Gasteiger partial charge is 0.478 e. The molecule has 1 saturated heterocycles. The van der Waals surface area contributed by atoms with Crippen LogP contribution in [0.3, 0.4) is 0 Å². The van der Waals surface area contributed by atoms with Crippen LogP contribution in [-0.4, -0.2) is 70.4 Å². The van der Waals surface area contributed by atoms with Gasteiger partial charge in [-0.15, -0.1) is 0 Å². The number of hydrogen-bond acceptors (Lipinski definition) is 4. The van der Waals surface area contributed by atoms with Crippen molar-refractivity contribution < 1.29 is 19.5 Å². The van der Waals surface area contributed by atoms with E-state index >= 15 is 0 Å². The van der Waals surface area contributed by atoms with Gasteiger partial charge < -0.3 is 15.3 Å². The highest BCUT2D eigenvalue weighted by Gasteiger charge is 2.38. The fourth-order valence-corrected chi connectivity index (χ4v) is 5.40. The molecule has 2 aliphatic rings. The van der Waals surface area contributed by atoms with E-state index in [4.69, 9.17) is 0 Å². The summed E-state index contributed by atoms with van der Waals surface area (Å²) in [7, 11) is 1.74. The fourth-order valence-electron chi connectivity index (χ4n) is 5.40. The molecule has 0 spiro atoms. The number of aliphatic carboxylic acids is 1. The van der Waals surface area contributed by atoms with Crippen LogP contribution in [0.4, 0.5) is 0 Å². The zero-order valence-corrected chi connectivity index (χ0v) is 21.5. The first-order chi connectivity index (χ1) is 15.5. The summed E-state index contributed by atoms with van der Waals surface area (Å²) in [4.78, 5) is 42.6. The van der Waals surface area contributed by atoms with Gasteiger partial charge in [0.05, 0.1) is 12.1 Å². The first-order valence-corrected chi connectivity index (χ1v) is 12.8. The van der Waals surface area contributed by atoms with Gasteiger partial charge in [0.15, 0.2) is 0 Å². The fraction of sp³-hybridized carbons (Fsp3) is 0.808. The summed E-state index contributed by atoms with van der Waals surface area (Å²) in [6.45, 7) is 10.7. The van der Waals surface area contributed by atoms with Crippen molar-refractivity contribution in [2.75, 3.05) is 13.6 Å². The Morgan fingerprint density at radius 1 is 1.00 bits per heavy atom. The van der Waals surface area contributed by atoms with Gasteiger partial charge in [-0.1, -0.05) is 45.6 Å². The van der Waals surface area contributed by atoms with Crippen LogP contribution in [0.25, 0.3) is 0 Å². The molecule has 188 valence electrons. The molecule has 2 rings (SSSR count). The Bertz CT molecular complexity index is 712. The summed E-state index contributed by atoms with van der Waals surface area (Å²) in [5.74, 6) is -0.976. The molecular formula is C26H45N3O4. The quantitative estimate of drug-likeness (QED) is 0.507. The van der Waals surface area contributed by atoms with Crippen LogP contribution >= 0.6 is 0 Å². The summed E-state index contributed by atoms with van der Waals surface area (Å²) in [6.07, 6.45) is 9.77. The van der Waals surface area contributed by atoms with Crippen molar-refractivity contribution in [2.24, 2.45) is 11.8 Å². The molecule has 7 heteroatoms. The maximum absolute atomic E-state index is 13.8. The molecule has 2 N–H and O–H groups in total. The number of piperidine rings is 1. The van der Waals surface area contributed by atoms with Crippen molar-refractivity contribution in [3.05, 3.63) is 11.6 Å². The highest BCUT2D eigenvalue weighted by Crippen LogP contribution is 2.29. The molecule has 3 atom stereocenters. The average Bonchev–Trinajstić information content (AvgIpc) is 2.79. The van der Waals surface area contributed by atoms with Crippen LogP contribution in [0.5, 0.6) is 0 Å². The second kappa shape index (κ2) is 12.5. The predicted octanol–water partition coefficient (Wildman–Crippen LogP) is 3.83. The van der Waals surface area contributed by atoms with Crippen LogP contribution in [0.2, 0.25) is 0 Å². The topological polar surface area (TPSA) is 90.0 Å². The minimum absolute atomic E-state index is 0.0425. The Labute approximate surface area is 200 Å². The van der Waals surface area contributed by atoms with Crippen LogP contribution in [0.1, 0.15) is 86.0 Å². The lowest BCUT2D eigenvalue weighted by molar-refractivity contribution is -0.141. The first kappa shape index (κ1) is 27.4. The second-order valence-corrected chi connectivity index (χ2v) is 10.6. The molecule has 0 aromatic carbocycles. The third-order valence-electron chi connectivity index (χ3n) is 7.43. The molecule has 0 aromatic heterocycles. The van der Waals surface area contributed by atoms with Gasteiger partial charge in [0.25, 0.3) is 0 Å². The average molecular weight is 464 g/mol. The molecule has 0 unspecified atom stereocenters. The number of nitrogens with one attached hydrogen (secondary N) is 1. The van der Waals surface area contributed by atoms with E-state index in [-0.39, 0.29) is 47.3 Å². The summed E-state index contributed by atoms with van der Waals surface area (Å²) >= 11 is 0. The van der Waals surface area contributed by atoms with E-state index in [1.165, 1.54) is 6.42 Å². The van der Waals surface area contributed by atoms with Crippen molar-refractivity contribution in [3.8, 4) is 0 Å². The molecule has 7 nitrogen and oxygen atoms in total. The number of carboxylic acid groups (broad SMARTS) is 1. The lowest BCUT2D eigenvalue weighted by atomic mass is 9.82. The van der Waals surface area contributed by atoms with Crippen LogP contribution in [-0.2, 0) is 14.4 Å². The van der Waals surface area contributed by atoms with Crippen molar-refractivity contribution in [1.29, 1.82) is 0 Å². The Morgan fingerprint density at radius 3 is 2.15 bits per heavy atom. The molecule has 2 fully saturated rings. The summed E-state index contributed by atoms with van der Waals surface area (Å²) in [6, 6.07) is -0.836. The highest BCUT2D eigenvalue weighted by molar-refractivity contribution is 5.90. The zero-order chi connectivity index (χ0) is 24.7. The van der Waals surface area contributed by atoms with Crippen molar-refractivity contribution >= 4 is 17.8 Å². The normalized spacial score (nSPS) is 22.8. The summed E-state index contributed by atoms with van der Waals surface area (Å²) < 4.78 is 0. The van der Waals surface area contributed by atoms with Gasteiger partial charge in [-0.05, 0) is 64.8 Å². The van der Waals surface area contributed by atoms with E-state index in [2.05, 4.69) is 24.1 Å². The van der Waals surface area contributed by atoms with E-state index in [0.717, 1.165) is 51.5 Å². The minimum atomic E-state index is -0.982. The summed E-state index contributed by atoms with van der Waals surface area (Å²) in [5.41, 5.74) is 0.224. The lowest BCUT2D eigenvalue weighted by Crippen LogP contribution is -2.59. The molecule has 33 heavy (non-hydrogen) atoms. The number of likely N-dealkylation sites (N-methyl/N-ethyl adjacent to an activating group) is 1. The van der Waals surface area contributed by atoms with Gasteiger partial charge in [0.1, 0.15) is 6.04 Å². The number of hydrogen-bond donors (Lipinski definition) is 2. The third-order valence-corrected chi connectivity index (χ3v) is 7.43. The van der Waals surface area contributed by atoms with E-state index in [9.17, 15) is 19.5 Å². The molecule has 0 bridgehead atoms. The predicted molar refractivity (Wildman–Crippen MR) is 131 cm³/mol. The van der Waals surface area contributed by atoms with Crippen molar-refractivity contribution in [3.63, 3.8) is 0 Å².